The Morgan fingerprint density at radius 3 is 2.48 bits per heavy atom. The number of carbonyl (C=O) groups excluding carboxylic acids is 1. The molecule has 2 amide bonds. The maximum Gasteiger partial charge on any atom is 0.328 e. The lowest BCUT2D eigenvalue weighted by atomic mass is 10.3. The predicted octanol–water partition coefficient (Wildman–Crippen LogP) is 2.89. The second-order valence-corrected chi connectivity index (χ2v) is 10.5. The van der Waals surface area contributed by atoms with Crippen molar-refractivity contribution < 1.29 is 17.9 Å². The number of anilines is 2. The van der Waals surface area contributed by atoms with Crippen molar-refractivity contribution in [1.82, 2.24) is 14.6 Å². The lowest BCUT2D eigenvalue weighted by molar-refractivity contribution is 0.256. The van der Waals surface area contributed by atoms with Crippen LogP contribution in [0.2, 0.25) is 0 Å². The van der Waals surface area contributed by atoms with E-state index in [1.807, 2.05) is 25.9 Å². The van der Waals surface area contributed by atoms with E-state index < -0.39 is 10.0 Å². The van der Waals surface area contributed by atoms with Gasteiger partial charge in [0.25, 0.3) is 10.0 Å². The summed E-state index contributed by atoms with van der Waals surface area (Å²) in [5, 5.41) is 3.20. The van der Waals surface area contributed by atoms with Gasteiger partial charge in [-0.3, -0.25) is 4.90 Å². The van der Waals surface area contributed by atoms with Crippen LogP contribution >= 0.6 is 11.3 Å². The van der Waals surface area contributed by atoms with Gasteiger partial charge in [-0.05, 0) is 65.0 Å². The number of aromatic nitrogens is 1. The highest BCUT2D eigenvalue weighted by Crippen LogP contribution is 2.32. The van der Waals surface area contributed by atoms with Crippen LogP contribution in [0.3, 0.4) is 0 Å². The van der Waals surface area contributed by atoms with Gasteiger partial charge < -0.3 is 15.0 Å². The number of urea groups is 1. The molecule has 0 radical (unpaired) electrons. The highest BCUT2D eigenvalue weighted by Gasteiger charge is 2.32. The molecule has 1 aromatic heterocycles. The van der Waals surface area contributed by atoms with E-state index in [0.29, 0.717) is 36.2 Å². The Morgan fingerprint density at radius 1 is 1.23 bits per heavy atom. The van der Waals surface area contributed by atoms with E-state index in [1.165, 1.54) is 4.90 Å². The Kier molecular flexibility index (Phi) is 7.52. The fourth-order valence-corrected chi connectivity index (χ4v) is 5.63. The van der Waals surface area contributed by atoms with Gasteiger partial charge in [-0.15, -0.1) is 0 Å². The molecule has 31 heavy (non-hydrogen) atoms. The first kappa shape index (κ1) is 23.5. The normalized spacial score (nSPS) is 14.0. The first-order valence-corrected chi connectivity index (χ1v) is 12.5. The van der Waals surface area contributed by atoms with Gasteiger partial charge in [0.2, 0.25) is 0 Å². The molecule has 0 atom stereocenters. The molecule has 2 N–H and O–H groups in total. The summed E-state index contributed by atoms with van der Waals surface area (Å²) in [6, 6.07) is 6.71. The van der Waals surface area contributed by atoms with Crippen LogP contribution in [0, 0.1) is 6.92 Å². The van der Waals surface area contributed by atoms with Gasteiger partial charge in [-0.1, -0.05) is 11.3 Å². The minimum Gasteiger partial charge on any atom is -0.494 e. The number of nitrogens with zero attached hydrogens (tertiary/aromatic N) is 3. The molecule has 11 heteroatoms. The number of thiazole rings is 1. The molecule has 1 aromatic carbocycles. The molecule has 170 valence electrons. The third-order valence-electron chi connectivity index (χ3n) is 4.55. The van der Waals surface area contributed by atoms with Crippen molar-refractivity contribution in [3.8, 4) is 5.75 Å². The summed E-state index contributed by atoms with van der Waals surface area (Å²) in [4.78, 5) is 20.9. The van der Waals surface area contributed by atoms with Gasteiger partial charge in [0.15, 0.2) is 9.34 Å². The van der Waals surface area contributed by atoms with Crippen LogP contribution in [0.4, 0.5) is 15.6 Å². The number of hydrogen-bond donors (Lipinski definition) is 2. The molecule has 0 aliphatic heterocycles. The summed E-state index contributed by atoms with van der Waals surface area (Å²) >= 11 is 1.01. The first-order chi connectivity index (χ1) is 14.7. The molecule has 1 heterocycles. The zero-order chi connectivity index (χ0) is 22.6. The Morgan fingerprint density at radius 2 is 1.90 bits per heavy atom. The Balaban J connectivity index is 1.81. The standard InChI is InChI=1S/C20H29N5O4S2/c1-5-29-17-10-8-15(9-11-17)22-19(26)25(13-12-24(3)4)20-21-14(2)18(30-20)31(27,28)23-16-6-7-16/h8-11,16,23H,5-7,12-13H2,1-4H3,(H,22,26). The van der Waals surface area contributed by atoms with Gasteiger partial charge >= 0.3 is 6.03 Å². The van der Waals surface area contributed by atoms with Crippen LogP contribution in [0.15, 0.2) is 28.5 Å². The number of nitrogens with one attached hydrogen (secondary N) is 2. The third kappa shape index (κ3) is 6.39. The molecule has 1 aliphatic carbocycles. The van der Waals surface area contributed by atoms with E-state index in [-0.39, 0.29) is 16.3 Å². The van der Waals surface area contributed by atoms with E-state index in [2.05, 4.69) is 15.0 Å². The van der Waals surface area contributed by atoms with Gasteiger partial charge in [-0.2, -0.15) is 0 Å². The molecule has 0 unspecified atom stereocenters. The Labute approximate surface area is 187 Å². The molecule has 0 spiro atoms. The van der Waals surface area contributed by atoms with Gasteiger partial charge in [0, 0.05) is 24.8 Å². The second kappa shape index (κ2) is 9.94. The number of ether oxygens (including phenoxy) is 1. The number of rotatable bonds is 10. The predicted molar refractivity (Wildman–Crippen MR) is 123 cm³/mol. The topological polar surface area (TPSA) is 104 Å². The zero-order valence-corrected chi connectivity index (χ0v) is 19.8. The van der Waals surface area contributed by atoms with Gasteiger partial charge in [-0.25, -0.2) is 22.9 Å². The van der Waals surface area contributed by atoms with Crippen LogP contribution in [-0.4, -0.2) is 64.2 Å². The summed E-state index contributed by atoms with van der Waals surface area (Å²) in [6.07, 6.45) is 1.70. The largest absolute Gasteiger partial charge is 0.494 e. The van der Waals surface area contributed by atoms with Crippen LogP contribution in [0.1, 0.15) is 25.5 Å². The lowest BCUT2D eigenvalue weighted by Gasteiger charge is -2.22. The van der Waals surface area contributed by atoms with Crippen molar-refractivity contribution >= 4 is 38.2 Å². The van der Waals surface area contributed by atoms with Crippen molar-refractivity contribution in [2.75, 3.05) is 44.0 Å². The molecular formula is C20H29N5O4S2. The van der Waals surface area contributed by atoms with Crippen LogP contribution < -0.4 is 19.7 Å². The molecule has 1 aliphatic rings. The number of benzene rings is 1. The Bertz CT molecular complexity index is 1000. The maximum atomic E-state index is 13.1. The van der Waals surface area contributed by atoms with Crippen LogP contribution in [0.5, 0.6) is 5.75 Å². The summed E-state index contributed by atoms with van der Waals surface area (Å²) in [5.41, 5.74) is 0.997. The summed E-state index contributed by atoms with van der Waals surface area (Å²) in [6.45, 7) is 5.07. The van der Waals surface area contributed by atoms with Crippen molar-refractivity contribution in [3.63, 3.8) is 0 Å². The molecule has 0 bridgehead atoms. The van der Waals surface area contributed by atoms with E-state index in [1.54, 1.807) is 31.2 Å². The Hall–Kier alpha value is -2.21. The second-order valence-electron chi connectivity index (χ2n) is 7.61. The van der Waals surface area contributed by atoms with Crippen LogP contribution in [-0.2, 0) is 10.0 Å². The quantitative estimate of drug-likeness (QED) is 0.557. The SMILES string of the molecule is CCOc1ccc(NC(=O)N(CCN(C)C)c2nc(C)c(S(=O)(=O)NC3CC3)s2)cc1. The maximum absolute atomic E-state index is 13.1. The highest BCUT2D eigenvalue weighted by atomic mass is 32.2. The van der Waals surface area contributed by atoms with E-state index in [0.717, 1.165) is 29.9 Å². The average molecular weight is 468 g/mol. The first-order valence-electron chi connectivity index (χ1n) is 10.2. The zero-order valence-electron chi connectivity index (χ0n) is 18.2. The summed E-state index contributed by atoms with van der Waals surface area (Å²) in [5.74, 6) is 0.721. The average Bonchev–Trinajstić information content (AvgIpc) is 3.41. The monoisotopic (exact) mass is 467 g/mol. The van der Waals surface area contributed by atoms with Crippen molar-refractivity contribution in [2.45, 2.75) is 36.9 Å². The van der Waals surface area contributed by atoms with Crippen molar-refractivity contribution in [3.05, 3.63) is 30.0 Å². The summed E-state index contributed by atoms with van der Waals surface area (Å²) in [7, 11) is 0.172. The minimum absolute atomic E-state index is 0.00255. The lowest BCUT2D eigenvalue weighted by Crippen LogP contribution is -2.39. The number of carbonyl (C=O) groups is 1. The molecule has 0 saturated heterocycles. The van der Waals surface area contributed by atoms with E-state index in [9.17, 15) is 13.2 Å². The fraction of sp³-hybridized carbons (Fsp3) is 0.500. The van der Waals surface area contributed by atoms with Gasteiger partial charge in [0.1, 0.15) is 5.75 Å². The molecule has 2 aromatic rings. The molecule has 1 fully saturated rings. The number of likely N-dealkylation sites (N-methyl/N-ethyl adjacent to an activating group) is 1. The fourth-order valence-electron chi connectivity index (χ4n) is 2.78. The number of aryl methyl sites for hydroxylation is 1. The van der Waals surface area contributed by atoms with Crippen LogP contribution in [0.25, 0.3) is 0 Å². The van der Waals surface area contributed by atoms with Gasteiger partial charge in [0.05, 0.1) is 12.3 Å². The molecular weight excluding hydrogens is 438 g/mol. The number of sulfonamides is 1. The van der Waals surface area contributed by atoms with E-state index in [4.69, 9.17) is 4.74 Å². The smallest absolute Gasteiger partial charge is 0.328 e. The van der Waals surface area contributed by atoms with Crippen molar-refractivity contribution in [2.24, 2.45) is 0 Å². The number of hydrogen-bond acceptors (Lipinski definition) is 7. The third-order valence-corrected chi connectivity index (χ3v) is 7.86. The molecule has 1 saturated carbocycles. The minimum atomic E-state index is -3.64. The van der Waals surface area contributed by atoms with Crippen molar-refractivity contribution in [1.29, 1.82) is 0 Å². The molecule has 9 nitrogen and oxygen atoms in total. The number of amides is 2. The highest BCUT2D eigenvalue weighted by molar-refractivity contribution is 7.91. The summed E-state index contributed by atoms with van der Waals surface area (Å²) < 4.78 is 33.6. The van der Waals surface area contributed by atoms with E-state index >= 15 is 0 Å². The molecule has 3 rings (SSSR count).